The third-order valence-corrected chi connectivity index (χ3v) is 2.15. The minimum Gasteiger partial charge on any atom is -0.396 e. The molecule has 0 aromatic carbocycles. The van der Waals surface area contributed by atoms with Gasteiger partial charge in [-0.25, -0.2) is 9.97 Å². The van der Waals surface area contributed by atoms with Gasteiger partial charge in [0.25, 0.3) is 0 Å². The van der Waals surface area contributed by atoms with Crippen molar-refractivity contribution in [2.75, 3.05) is 5.73 Å². The van der Waals surface area contributed by atoms with Gasteiger partial charge in [0.2, 0.25) is 0 Å². The molecule has 0 spiro atoms. The predicted octanol–water partition coefficient (Wildman–Crippen LogP) is 1.74. The molecule has 2 heterocycles. The molecule has 15 heavy (non-hydrogen) atoms. The van der Waals surface area contributed by atoms with Crippen molar-refractivity contribution in [3.05, 3.63) is 35.9 Å². The summed E-state index contributed by atoms with van der Waals surface area (Å²) in [5, 5.41) is 0. The number of anilines is 1. The molecule has 0 aliphatic carbocycles. The molecule has 0 saturated heterocycles. The summed E-state index contributed by atoms with van der Waals surface area (Å²) in [5.41, 5.74) is 9.06. The molecule has 0 amide bonds. The third-order valence-electron chi connectivity index (χ3n) is 2.15. The Balaban J connectivity index is 2.50. The van der Waals surface area contributed by atoms with Crippen LogP contribution in [0.15, 0.2) is 24.7 Å². The van der Waals surface area contributed by atoms with Crippen LogP contribution in [0.5, 0.6) is 0 Å². The number of nitrogens with two attached hydrogens (primary N) is 1. The summed E-state index contributed by atoms with van der Waals surface area (Å²) in [4.78, 5) is 12.6. The lowest BCUT2D eigenvalue weighted by atomic mass is 10.2. The molecule has 2 rings (SSSR count). The summed E-state index contributed by atoms with van der Waals surface area (Å²) in [5.74, 6) is 0.665. The van der Waals surface area contributed by atoms with E-state index in [1.807, 2.05) is 19.9 Å². The fourth-order valence-corrected chi connectivity index (χ4v) is 1.29. The van der Waals surface area contributed by atoms with Crippen molar-refractivity contribution < 1.29 is 0 Å². The van der Waals surface area contributed by atoms with Crippen molar-refractivity contribution in [3.63, 3.8) is 0 Å². The summed E-state index contributed by atoms with van der Waals surface area (Å²) < 4.78 is 0. The predicted molar refractivity (Wildman–Crippen MR) is 59.1 cm³/mol. The minimum atomic E-state index is 0.611. The van der Waals surface area contributed by atoms with E-state index in [4.69, 9.17) is 5.73 Å². The first-order valence-electron chi connectivity index (χ1n) is 4.68. The fraction of sp³-hybridized carbons (Fsp3) is 0.182. The van der Waals surface area contributed by atoms with Gasteiger partial charge < -0.3 is 5.73 Å². The van der Waals surface area contributed by atoms with Crippen molar-refractivity contribution in [1.29, 1.82) is 0 Å². The average molecular weight is 200 g/mol. The Hall–Kier alpha value is -1.97. The molecule has 0 bridgehead atoms. The van der Waals surface area contributed by atoms with Gasteiger partial charge in [-0.3, -0.25) is 4.98 Å². The van der Waals surface area contributed by atoms with E-state index in [2.05, 4.69) is 15.0 Å². The second kappa shape index (κ2) is 3.65. The van der Waals surface area contributed by atoms with Crippen LogP contribution < -0.4 is 5.73 Å². The second-order valence-corrected chi connectivity index (χ2v) is 3.49. The Kier molecular flexibility index (Phi) is 2.33. The molecule has 4 heteroatoms. The van der Waals surface area contributed by atoms with Gasteiger partial charge in [-0.2, -0.15) is 0 Å². The van der Waals surface area contributed by atoms with E-state index in [0.717, 1.165) is 16.8 Å². The van der Waals surface area contributed by atoms with E-state index in [1.54, 1.807) is 18.6 Å². The highest BCUT2D eigenvalue weighted by molar-refractivity contribution is 5.56. The zero-order valence-corrected chi connectivity index (χ0v) is 8.73. The highest BCUT2D eigenvalue weighted by atomic mass is 14.9. The van der Waals surface area contributed by atoms with Crippen LogP contribution in [0.25, 0.3) is 11.4 Å². The summed E-state index contributed by atoms with van der Waals surface area (Å²) >= 11 is 0. The van der Waals surface area contributed by atoms with Crippen LogP contribution in [0.2, 0.25) is 0 Å². The van der Waals surface area contributed by atoms with Crippen LogP contribution in [0.4, 0.5) is 5.69 Å². The van der Waals surface area contributed by atoms with Crippen LogP contribution in [0.3, 0.4) is 0 Å². The highest BCUT2D eigenvalue weighted by Crippen LogP contribution is 2.16. The number of nitrogens with zero attached hydrogens (tertiary/aromatic N) is 3. The average Bonchev–Trinajstić information content (AvgIpc) is 2.22. The van der Waals surface area contributed by atoms with Crippen LogP contribution >= 0.6 is 0 Å². The number of nitrogen functional groups attached to an aromatic ring is 1. The monoisotopic (exact) mass is 200 g/mol. The van der Waals surface area contributed by atoms with Crippen LogP contribution in [0, 0.1) is 13.8 Å². The lowest BCUT2D eigenvalue weighted by Crippen LogP contribution is -1.97. The molecule has 0 fully saturated rings. The third kappa shape index (κ3) is 1.93. The lowest BCUT2D eigenvalue weighted by molar-refractivity contribution is 1.11. The van der Waals surface area contributed by atoms with Gasteiger partial charge >= 0.3 is 0 Å². The molecule has 2 aromatic rings. The molecule has 2 N–H and O–H groups in total. The molecule has 0 aliphatic heterocycles. The van der Waals surface area contributed by atoms with E-state index in [0.29, 0.717) is 11.5 Å². The number of pyridine rings is 1. The quantitative estimate of drug-likeness (QED) is 0.761. The fourth-order valence-electron chi connectivity index (χ4n) is 1.29. The summed E-state index contributed by atoms with van der Waals surface area (Å²) in [6, 6.07) is 2.00. The van der Waals surface area contributed by atoms with Gasteiger partial charge in [0.05, 0.1) is 17.6 Å². The maximum Gasteiger partial charge on any atom is 0.161 e. The Bertz CT molecular complexity index is 494. The summed E-state index contributed by atoms with van der Waals surface area (Å²) in [6.45, 7) is 3.85. The largest absolute Gasteiger partial charge is 0.396 e. The van der Waals surface area contributed by atoms with Gasteiger partial charge in [-0.05, 0) is 25.5 Å². The van der Waals surface area contributed by atoms with Crippen LogP contribution in [0.1, 0.15) is 11.3 Å². The van der Waals surface area contributed by atoms with E-state index < -0.39 is 0 Å². The van der Waals surface area contributed by atoms with Crippen LogP contribution in [-0.4, -0.2) is 15.0 Å². The lowest BCUT2D eigenvalue weighted by Gasteiger charge is -2.03. The molecule has 0 aliphatic rings. The van der Waals surface area contributed by atoms with Crippen molar-refractivity contribution in [1.82, 2.24) is 15.0 Å². The van der Waals surface area contributed by atoms with Gasteiger partial charge in [-0.1, -0.05) is 0 Å². The Morgan fingerprint density at radius 3 is 2.60 bits per heavy atom. The normalized spacial score (nSPS) is 10.3. The van der Waals surface area contributed by atoms with E-state index in [-0.39, 0.29) is 0 Å². The Labute approximate surface area is 88.2 Å². The molecule has 4 nitrogen and oxygen atoms in total. The van der Waals surface area contributed by atoms with Crippen molar-refractivity contribution in [2.45, 2.75) is 13.8 Å². The SMILES string of the molecule is Cc1cncc(-c2ncc(N)c(C)n2)c1. The molecule has 0 atom stereocenters. The first-order chi connectivity index (χ1) is 7.16. The number of aryl methyl sites for hydroxylation is 2. The molecule has 2 aromatic heterocycles. The number of aromatic nitrogens is 3. The maximum absolute atomic E-state index is 5.66. The van der Waals surface area contributed by atoms with E-state index in [9.17, 15) is 0 Å². The Morgan fingerprint density at radius 2 is 1.93 bits per heavy atom. The molecular weight excluding hydrogens is 188 g/mol. The number of hydrogen-bond donors (Lipinski definition) is 1. The zero-order valence-electron chi connectivity index (χ0n) is 8.73. The zero-order chi connectivity index (χ0) is 10.8. The number of rotatable bonds is 1. The van der Waals surface area contributed by atoms with E-state index in [1.165, 1.54) is 0 Å². The van der Waals surface area contributed by atoms with Gasteiger partial charge in [0, 0.05) is 18.0 Å². The molecule has 76 valence electrons. The molecule has 0 radical (unpaired) electrons. The van der Waals surface area contributed by atoms with Crippen LogP contribution in [-0.2, 0) is 0 Å². The smallest absolute Gasteiger partial charge is 0.161 e. The Morgan fingerprint density at radius 1 is 1.13 bits per heavy atom. The van der Waals surface area contributed by atoms with Gasteiger partial charge in [0.1, 0.15) is 0 Å². The summed E-state index contributed by atoms with van der Waals surface area (Å²) in [7, 11) is 0. The van der Waals surface area contributed by atoms with Gasteiger partial charge in [-0.15, -0.1) is 0 Å². The minimum absolute atomic E-state index is 0.611. The van der Waals surface area contributed by atoms with Crippen molar-refractivity contribution in [3.8, 4) is 11.4 Å². The first-order valence-corrected chi connectivity index (χ1v) is 4.68. The van der Waals surface area contributed by atoms with E-state index >= 15 is 0 Å². The van der Waals surface area contributed by atoms with Crippen molar-refractivity contribution in [2.24, 2.45) is 0 Å². The topological polar surface area (TPSA) is 64.7 Å². The van der Waals surface area contributed by atoms with Crippen molar-refractivity contribution >= 4 is 5.69 Å². The first kappa shape index (κ1) is 9.58. The summed E-state index contributed by atoms with van der Waals surface area (Å²) in [6.07, 6.45) is 5.17. The number of hydrogen-bond acceptors (Lipinski definition) is 4. The maximum atomic E-state index is 5.66. The highest BCUT2D eigenvalue weighted by Gasteiger charge is 2.03. The standard InChI is InChI=1S/C11H12N4/c1-7-3-9(5-13-4-7)11-14-6-10(12)8(2)15-11/h3-6H,12H2,1-2H3. The van der Waals surface area contributed by atoms with Gasteiger partial charge in [0.15, 0.2) is 5.82 Å². The molecular formula is C11H12N4. The molecule has 0 unspecified atom stereocenters. The molecule has 0 saturated carbocycles. The second-order valence-electron chi connectivity index (χ2n) is 3.49.